The quantitative estimate of drug-likeness (QED) is 0.460. The zero-order valence-corrected chi connectivity index (χ0v) is 12.3. The predicted octanol–water partition coefficient (Wildman–Crippen LogP) is 0.809. The molecule has 0 aliphatic heterocycles. The first-order valence-corrected chi connectivity index (χ1v) is 6.53. The summed E-state index contributed by atoms with van der Waals surface area (Å²) in [5, 5.41) is 3.84. The van der Waals surface area contributed by atoms with Gasteiger partial charge in [0.1, 0.15) is 11.5 Å². The Bertz CT molecular complexity index is 555. The van der Waals surface area contributed by atoms with Gasteiger partial charge in [-0.3, -0.25) is 9.59 Å². The number of amides is 2. The van der Waals surface area contributed by atoms with Crippen molar-refractivity contribution in [1.82, 2.24) is 5.43 Å². The molecule has 0 spiro atoms. The Morgan fingerprint density at radius 3 is 2.48 bits per heavy atom. The van der Waals surface area contributed by atoms with Gasteiger partial charge in [0, 0.05) is 5.56 Å². The summed E-state index contributed by atoms with van der Waals surface area (Å²) in [5.74, 6) is -0.810. The highest BCUT2D eigenvalue weighted by atomic mass is 16.5. The third-order valence-electron chi connectivity index (χ3n) is 2.50. The van der Waals surface area contributed by atoms with Crippen LogP contribution in [0.2, 0.25) is 0 Å². The highest BCUT2D eigenvalue weighted by molar-refractivity contribution is 6.34. The molecule has 0 atom stereocenters. The van der Waals surface area contributed by atoms with Crippen LogP contribution in [0.3, 0.4) is 0 Å². The van der Waals surface area contributed by atoms with Gasteiger partial charge in [-0.05, 0) is 39.0 Å². The van der Waals surface area contributed by atoms with Crippen LogP contribution >= 0.6 is 0 Å². The molecule has 7 nitrogen and oxygen atoms in total. The van der Waals surface area contributed by atoms with Crippen molar-refractivity contribution in [2.24, 2.45) is 10.8 Å². The maximum atomic E-state index is 11.1. The summed E-state index contributed by atoms with van der Waals surface area (Å²) in [6.07, 6.45) is 0. The second-order valence-electron chi connectivity index (χ2n) is 4.03. The Balaban J connectivity index is 3.05. The van der Waals surface area contributed by atoms with Crippen molar-refractivity contribution >= 4 is 17.5 Å². The molecule has 0 saturated heterocycles. The minimum absolute atomic E-state index is 0.467. The van der Waals surface area contributed by atoms with E-state index in [1.165, 1.54) is 0 Å². The molecule has 0 unspecified atom stereocenters. The predicted molar refractivity (Wildman–Crippen MR) is 78.3 cm³/mol. The smallest absolute Gasteiger partial charge is 0.329 e. The number of hydrogen-bond donors (Lipinski definition) is 2. The summed E-state index contributed by atoms with van der Waals surface area (Å²) < 4.78 is 10.9. The summed E-state index contributed by atoms with van der Waals surface area (Å²) in [6, 6.07) is 5.30. The monoisotopic (exact) mass is 293 g/mol. The summed E-state index contributed by atoms with van der Waals surface area (Å²) in [6.45, 7) is 6.44. The van der Waals surface area contributed by atoms with Crippen molar-refractivity contribution in [2.45, 2.75) is 20.8 Å². The van der Waals surface area contributed by atoms with E-state index in [1.54, 1.807) is 25.1 Å². The molecule has 0 aliphatic rings. The van der Waals surface area contributed by atoms with Crippen LogP contribution < -0.4 is 20.6 Å². The first kappa shape index (κ1) is 16.5. The molecule has 0 fully saturated rings. The van der Waals surface area contributed by atoms with Gasteiger partial charge in [0.25, 0.3) is 0 Å². The first-order valence-electron chi connectivity index (χ1n) is 6.53. The highest BCUT2D eigenvalue weighted by Crippen LogP contribution is 2.25. The average Bonchev–Trinajstić information content (AvgIpc) is 2.46. The van der Waals surface area contributed by atoms with E-state index in [1.807, 2.05) is 13.8 Å². The van der Waals surface area contributed by atoms with Crippen LogP contribution in [0.15, 0.2) is 23.3 Å². The van der Waals surface area contributed by atoms with Gasteiger partial charge in [0.05, 0.1) is 18.9 Å². The maximum Gasteiger partial charge on any atom is 0.329 e. The second-order valence-corrected chi connectivity index (χ2v) is 4.03. The lowest BCUT2D eigenvalue weighted by atomic mass is 10.1. The third-order valence-corrected chi connectivity index (χ3v) is 2.50. The average molecular weight is 293 g/mol. The first-order chi connectivity index (χ1) is 9.99. The molecular formula is C14H19N3O4. The molecule has 0 heterocycles. The van der Waals surface area contributed by atoms with E-state index in [4.69, 9.17) is 15.2 Å². The number of primary amides is 1. The standard InChI is InChI=1S/C14H19N3O4/c1-4-20-10-6-7-12(21-5-2)11(8-10)9(3)16-17-14(19)13(15)18/h6-8H,4-5H2,1-3H3,(H2,15,18)(H,17,19)/b16-9-. The van der Waals surface area contributed by atoms with Crippen LogP contribution in [0.25, 0.3) is 0 Å². The van der Waals surface area contributed by atoms with E-state index in [-0.39, 0.29) is 0 Å². The van der Waals surface area contributed by atoms with E-state index in [0.717, 1.165) is 0 Å². The van der Waals surface area contributed by atoms with Gasteiger partial charge in [-0.25, -0.2) is 5.43 Å². The minimum atomic E-state index is -1.10. The van der Waals surface area contributed by atoms with Crippen molar-refractivity contribution in [3.63, 3.8) is 0 Å². The molecule has 1 aromatic rings. The molecule has 0 aliphatic carbocycles. The molecule has 0 aromatic heterocycles. The van der Waals surface area contributed by atoms with Crippen LogP contribution in [-0.4, -0.2) is 30.7 Å². The van der Waals surface area contributed by atoms with E-state index < -0.39 is 11.8 Å². The zero-order valence-electron chi connectivity index (χ0n) is 12.3. The van der Waals surface area contributed by atoms with Gasteiger partial charge in [-0.1, -0.05) is 0 Å². The number of hydrazone groups is 1. The molecular weight excluding hydrogens is 274 g/mol. The Labute approximate surface area is 123 Å². The Morgan fingerprint density at radius 1 is 1.24 bits per heavy atom. The van der Waals surface area contributed by atoms with E-state index in [9.17, 15) is 9.59 Å². The van der Waals surface area contributed by atoms with Crippen molar-refractivity contribution < 1.29 is 19.1 Å². The number of benzene rings is 1. The summed E-state index contributed by atoms with van der Waals surface area (Å²) in [4.78, 5) is 21.8. The Hall–Kier alpha value is -2.57. The van der Waals surface area contributed by atoms with Crippen molar-refractivity contribution in [2.75, 3.05) is 13.2 Å². The van der Waals surface area contributed by atoms with Crippen LogP contribution in [-0.2, 0) is 9.59 Å². The number of nitrogens with two attached hydrogens (primary N) is 1. The molecule has 0 bridgehead atoms. The van der Waals surface area contributed by atoms with Gasteiger partial charge < -0.3 is 15.2 Å². The van der Waals surface area contributed by atoms with Gasteiger partial charge >= 0.3 is 11.8 Å². The normalized spacial score (nSPS) is 10.9. The zero-order chi connectivity index (χ0) is 15.8. The lowest BCUT2D eigenvalue weighted by Crippen LogP contribution is -2.33. The molecule has 7 heteroatoms. The number of nitrogens with one attached hydrogen (secondary N) is 1. The second kappa shape index (κ2) is 7.88. The van der Waals surface area contributed by atoms with Gasteiger partial charge in [0.2, 0.25) is 0 Å². The van der Waals surface area contributed by atoms with Crippen molar-refractivity contribution in [3.05, 3.63) is 23.8 Å². The molecule has 21 heavy (non-hydrogen) atoms. The fourth-order valence-electron chi connectivity index (χ4n) is 1.58. The number of nitrogens with zero attached hydrogens (tertiary/aromatic N) is 1. The molecule has 0 radical (unpaired) electrons. The van der Waals surface area contributed by atoms with E-state index >= 15 is 0 Å². The number of carbonyl (C=O) groups is 2. The van der Waals surface area contributed by atoms with Gasteiger partial charge in [-0.15, -0.1) is 0 Å². The van der Waals surface area contributed by atoms with Crippen LogP contribution in [0.5, 0.6) is 11.5 Å². The summed E-state index contributed by atoms with van der Waals surface area (Å²) >= 11 is 0. The number of ether oxygens (including phenoxy) is 2. The molecule has 1 rings (SSSR count). The molecule has 0 saturated carbocycles. The highest BCUT2D eigenvalue weighted by Gasteiger charge is 2.11. The number of carbonyl (C=O) groups excluding carboxylic acids is 2. The summed E-state index contributed by atoms with van der Waals surface area (Å²) in [7, 11) is 0. The maximum absolute atomic E-state index is 11.1. The van der Waals surface area contributed by atoms with Crippen molar-refractivity contribution in [3.8, 4) is 11.5 Å². The number of hydrogen-bond acceptors (Lipinski definition) is 5. The van der Waals surface area contributed by atoms with Crippen LogP contribution in [0, 0.1) is 0 Å². The topological polar surface area (TPSA) is 103 Å². The molecule has 114 valence electrons. The fraction of sp³-hybridized carbons (Fsp3) is 0.357. The summed E-state index contributed by atoms with van der Waals surface area (Å²) in [5.41, 5.74) is 8.04. The van der Waals surface area contributed by atoms with Gasteiger partial charge in [-0.2, -0.15) is 5.10 Å². The number of rotatable bonds is 6. The van der Waals surface area contributed by atoms with E-state index in [2.05, 4.69) is 10.5 Å². The Morgan fingerprint density at radius 2 is 1.90 bits per heavy atom. The lowest BCUT2D eigenvalue weighted by molar-refractivity contribution is -0.137. The molecule has 1 aromatic carbocycles. The Kier molecular flexibility index (Phi) is 6.19. The lowest BCUT2D eigenvalue weighted by Gasteiger charge is -2.12. The van der Waals surface area contributed by atoms with Crippen LogP contribution in [0.4, 0.5) is 0 Å². The largest absolute Gasteiger partial charge is 0.494 e. The van der Waals surface area contributed by atoms with E-state index in [0.29, 0.717) is 36.0 Å². The van der Waals surface area contributed by atoms with Crippen LogP contribution in [0.1, 0.15) is 26.3 Å². The van der Waals surface area contributed by atoms with Gasteiger partial charge in [0.15, 0.2) is 0 Å². The fourth-order valence-corrected chi connectivity index (χ4v) is 1.58. The van der Waals surface area contributed by atoms with Crippen molar-refractivity contribution in [1.29, 1.82) is 0 Å². The molecule has 2 amide bonds. The SMILES string of the molecule is CCOc1ccc(OCC)c(/C(C)=N\NC(=O)C(N)=O)c1. The molecule has 3 N–H and O–H groups in total. The minimum Gasteiger partial charge on any atom is -0.494 e. The third kappa shape index (κ3) is 4.79.